The maximum Gasteiger partial charge on any atom is 0.213 e. The van der Waals surface area contributed by atoms with Gasteiger partial charge >= 0.3 is 0 Å². The quantitative estimate of drug-likeness (QED) is 0.726. The average Bonchev–Trinajstić information content (AvgIpc) is 2.64. The molecule has 0 atom stereocenters. The fraction of sp³-hybridized carbons (Fsp3) is 0.300. The van der Waals surface area contributed by atoms with Gasteiger partial charge in [0.25, 0.3) is 0 Å². The molecule has 0 aliphatic carbocycles. The van der Waals surface area contributed by atoms with Gasteiger partial charge in [-0.15, -0.1) is 0 Å². The van der Waals surface area contributed by atoms with Gasteiger partial charge in [-0.3, -0.25) is 4.98 Å². The fourth-order valence-corrected chi connectivity index (χ4v) is 2.44. The number of hydrogen-bond acceptors (Lipinski definition) is 6. The molecule has 0 spiro atoms. The number of aryl methyl sites for hydroxylation is 1. The second kappa shape index (κ2) is 7.91. The van der Waals surface area contributed by atoms with E-state index in [1.165, 1.54) is 0 Å². The molecule has 0 aromatic carbocycles. The highest BCUT2D eigenvalue weighted by atomic mass is 16.5. The van der Waals surface area contributed by atoms with Crippen LogP contribution in [0.1, 0.15) is 30.7 Å². The Hall–Kier alpha value is -3.02. The molecule has 3 aromatic heterocycles. The minimum absolute atomic E-state index is 0.115. The number of ether oxygens (including phenoxy) is 1. The Kier molecular flexibility index (Phi) is 5.41. The van der Waals surface area contributed by atoms with E-state index < -0.39 is 0 Å². The van der Waals surface area contributed by atoms with Crippen molar-refractivity contribution in [3.63, 3.8) is 0 Å². The van der Waals surface area contributed by atoms with Gasteiger partial charge in [0.2, 0.25) is 5.88 Å². The molecule has 3 rings (SSSR count). The molecule has 3 heterocycles. The lowest BCUT2D eigenvalue weighted by Gasteiger charge is -2.13. The topological polar surface area (TPSA) is 72.8 Å². The zero-order valence-corrected chi connectivity index (χ0v) is 15.5. The summed E-state index contributed by atoms with van der Waals surface area (Å²) in [5, 5.41) is 3.39. The van der Waals surface area contributed by atoms with Gasteiger partial charge in [0.1, 0.15) is 5.82 Å². The zero-order chi connectivity index (χ0) is 18.5. The summed E-state index contributed by atoms with van der Waals surface area (Å²) in [6, 6.07) is 7.73. The Morgan fingerprint density at radius 3 is 2.58 bits per heavy atom. The smallest absolute Gasteiger partial charge is 0.213 e. The molecule has 0 aliphatic heterocycles. The first-order valence-corrected chi connectivity index (χ1v) is 8.64. The van der Waals surface area contributed by atoms with Gasteiger partial charge < -0.3 is 10.1 Å². The summed E-state index contributed by atoms with van der Waals surface area (Å²) in [6.07, 6.45) is 5.44. The zero-order valence-electron chi connectivity index (χ0n) is 15.5. The molecule has 0 saturated heterocycles. The van der Waals surface area contributed by atoms with E-state index in [1.54, 1.807) is 12.4 Å². The standard InChI is InChI=1S/C20H23N5O/c1-13(2)26-18-8-7-16(10-22-18)11-23-19-14(3)15(4)24-20(25-19)17-6-5-9-21-12-17/h5-10,12-13H,11H2,1-4H3,(H,23,24,25). The van der Waals surface area contributed by atoms with Crippen molar-refractivity contribution >= 4 is 5.82 Å². The molecule has 0 unspecified atom stereocenters. The number of hydrogen-bond donors (Lipinski definition) is 1. The highest BCUT2D eigenvalue weighted by Gasteiger charge is 2.10. The van der Waals surface area contributed by atoms with Crippen LogP contribution < -0.4 is 10.1 Å². The van der Waals surface area contributed by atoms with E-state index in [9.17, 15) is 0 Å². The van der Waals surface area contributed by atoms with Crippen LogP contribution in [0.15, 0.2) is 42.9 Å². The Bertz CT molecular complexity index is 863. The largest absolute Gasteiger partial charge is 0.475 e. The van der Waals surface area contributed by atoms with Gasteiger partial charge in [-0.2, -0.15) is 0 Å². The lowest BCUT2D eigenvalue weighted by molar-refractivity contribution is 0.232. The highest BCUT2D eigenvalue weighted by molar-refractivity contribution is 5.58. The molecule has 1 N–H and O–H groups in total. The maximum atomic E-state index is 5.57. The molecule has 6 heteroatoms. The summed E-state index contributed by atoms with van der Waals surface area (Å²) >= 11 is 0. The second-order valence-electron chi connectivity index (χ2n) is 6.37. The van der Waals surface area contributed by atoms with Crippen LogP contribution in [0.25, 0.3) is 11.4 Å². The first-order chi connectivity index (χ1) is 12.5. The third kappa shape index (κ3) is 4.33. The minimum Gasteiger partial charge on any atom is -0.475 e. The van der Waals surface area contributed by atoms with Crippen LogP contribution in [0.5, 0.6) is 5.88 Å². The van der Waals surface area contributed by atoms with Crippen LogP contribution in [0, 0.1) is 13.8 Å². The summed E-state index contributed by atoms with van der Waals surface area (Å²) in [6.45, 7) is 8.59. The summed E-state index contributed by atoms with van der Waals surface area (Å²) in [4.78, 5) is 17.7. The third-order valence-corrected chi connectivity index (χ3v) is 3.92. The van der Waals surface area contributed by atoms with Gasteiger partial charge in [0.15, 0.2) is 5.82 Å². The lowest BCUT2D eigenvalue weighted by Crippen LogP contribution is -2.09. The first-order valence-electron chi connectivity index (χ1n) is 8.64. The van der Waals surface area contributed by atoms with Crippen LogP contribution in [-0.4, -0.2) is 26.0 Å². The number of pyridine rings is 2. The van der Waals surface area contributed by atoms with Crippen LogP contribution in [-0.2, 0) is 6.54 Å². The summed E-state index contributed by atoms with van der Waals surface area (Å²) < 4.78 is 5.57. The SMILES string of the molecule is Cc1nc(-c2cccnc2)nc(NCc2ccc(OC(C)C)nc2)c1C. The number of rotatable bonds is 6. The lowest BCUT2D eigenvalue weighted by atomic mass is 10.2. The van der Waals surface area contributed by atoms with E-state index in [1.807, 2.05) is 58.2 Å². The van der Waals surface area contributed by atoms with Crippen molar-refractivity contribution in [2.75, 3.05) is 5.32 Å². The molecule has 3 aromatic rings. The van der Waals surface area contributed by atoms with E-state index in [0.717, 1.165) is 28.2 Å². The molecule has 0 aliphatic rings. The van der Waals surface area contributed by atoms with Crippen LogP contribution in [0.4, 0.5) is 5.82 Å². The molecule has 0 fully saturated rings. The van der Waals surface area contributed by atoms with Crippen LogP contribution in [0.3, 0.4) is 0 Å². The van der Waals surface area contributed by atoms with Gasteiger partial charge in [0.05, 0.1) is 6.10 Å². The highest BCUT2D eigenvalue weighted by Crippen LogP contribution is 2.21. The number of nitrogens with one attached hydrogen (secondary N) is 1. The predicted molar refractivity (Wildman–Crippen MR) is 102 cm³/mol. The fourth-order valence-electron chi connectivity index (χ4n) is 2.44. The second-order valence-corrected chi connectivity index (χ2v) is 6.37. The van der Waals surface area contributed by atoms with Gasteiger partial charge in [-0.1, -0.05) is 6.07 Å². The van der Waals surface area contributed by atoms with Gasteiger partial charge in [-0.05, 0) is 45.4 Å². The number of aromatic nitrogens is 4. The molecule has 0 radical (unpaired) electrons. The summed E-state index contributed by atoms with van der Waals surface area (Å²) in [5.41, 5.74) is 3.93. The van der Waals surface area contributed by atoms with Crippen molar-refractivity contribution in [2.24, 2.45) is 0 Å². The van der Waals surface area contributed by atoms with E-state index >= 15 is 0 Å². The minimum atomic E-state index is 0.115. The third-order valence-electron chi connectivity index (χ3n) is 3.92. The van der Waals surface area contributed by atoms with Crippen molar-refractivity contribution in [3.05, 3.63) is 59.7 Å². The molecule has 0 saturated carbocycles. The van der Waals surface area contributed by atoms with E-state index in [0.29, 0.717) is 18.2 Å². The predicted octanol–water partition coefficient (Wildman–Crippen LogP) is 3.95. The van der Waals surface area contributed by atoms with E-state index in [4.69, 9.17) is 4.74 Å². The maximum absolute atomic E-state index is 5.57. The number of nitrogens with zero attached hydrogens (tertiary/aromatic N) is 4. The Labute approximate surface area is 153 Å². The van der Waals surface area contributed by atoms with Crippen LogP contribution in [0.2, 0.25) is 0 Å². The van der Waals surface area contributed by atoms with Crippen molar-refractivity contribution in [1.29, 1.82) is 0 Å². The Morgan fingerprint density at radius 2 is 1.92 bits per heavy atom. The van der Waals surface area contributed by atoms with E-state index in [-0.39, 0.29) is 6.10 Å². The molecule has 0 bridgehead atoms. The monoisotopic (exact) mass is 349 g/mol. The number of anilines is 1. The van der Waals surface area contributed by atoms with E-state index in [2.05, 4.69) is 25.3 Å². The molecule has 0 amide bonds. The normalized spacial score (nSPS) is 10.8. The molecule has 26 heavy (non-hydrogen) atoms. The molecule has 6 nitrogen and oxygen atoms in total. The van der Waals surface area contributed by atoms with Gasteiger partial charge in [-0.25, -0.2) is 15.0 Å². The van der Waals surface area contributed by atoms with Crippen LogP contribution >= 0.6 is 0 Å². The summed E-state index contributed by atoms with van der Waals surface area (Å²) in [5.74, 6) is 2.12. The Morgan fingerprint density at radius 1 is 1.08 bits per heavy atom. The molecular weight excluding hydrogens is 326 g/mol. The van der Waals surface area contributed by atoms with Crippen molar-refractivity contribution in [3.8, 4) is 17.3 Å². The van der Waals surface area contributed by atoms with Crippen molar-refractivity contribution < 1.29 is 4.74 Å². The van der Waals surface area contributed by atoms with Crippen molar-refractivity contribution in [1.82, 2.24) is 19.9 Å². The Balaban J connectivity index is 1.76. The summed E-state index contributed by atoms with van der Waals surface area (Å²) in [7, 11) is 0. The first kappa shape index (κ1) is 17.8. The molecule has 134 valence electrons. The van der Waals surface area contributed by atoms with Crippen molar-refractivity contribution in [2.45, 2.75) is 40.3 Å². The molecular formula is C20H23N5O. The van der Waals surface area contributed by atoms with Gasteiger partial charge in [0, 0.05) is 48.0 Å². The average molecular weight is 349 g/mol.